The van der Waals surface area contributed by atoms with Gasteiger partial charge in [-0.15, -0.1) is 10.2 Å². The summed E-state index contributed by atoms with van der Waals surface area (Å²) in [6, 6.07) is 11.5. The SMILES string of the molecule is Cc1cc(C)nc(SCc2nnc(SCC(=O)[O-])n2-c2ccccc2)n1. The lowest BCUT2D eigenvalue weighted by Crippen LogP contribution is -2.24. The number of aryl methyl sites for hydroxylation is 2. The molecular weight excluding hydrogens is 370 g/mol. The Kier molecular flexibility index (Phi) is 5.89. The van der Waals surface area contributed by atoms with Crippen LogP contribution in [0.25, 0.3) is 5.69 Å². The molecule has 1 aromatic carbocycles. The van der Waals surface area contributed by atoms with Crippen LogP contribution in [0, 0.1) is 13.8 Å². The van der Waals surface area contributed by atoms with Crippen LogP contribution in [0.1, 0.15) is 17.2 Å². The first-order chi connectivity index (χ1) is 12.5. The number of carbonyl (C=O) groups excluding carboxylic acids is 1. The lowest BCUT2D eigenvalue weighted by molar-refractivity contribution is -0.301. The van der Waals surface area contributed by atoms with Crippen LogP contribution in [-0.4, -0.2) is 36.5 Å². The van der Waals surface area contributed by atoms with E-state index in [2.05, 4.69) is 20.2 Å². The number of carbonyl (C=O) groups is 1. The number of rotatable bonds is 7. The Balaban J connectivity index is 1.87. The predicted octanol–water partition coefficient (Wildman–Crippen LogP) is 1.81. The molecule has 0 bridgehead atoms. The molecule has 0 unspecified atom stereocenters. The summed E-state index contributed by atoms with van der Waals surface area (Å²) in [4.78, 5) is 19.6. The summed E-state index contributed by atoms with van der Waals surface area (Å²) in [5.41, 5.74) is 2.69. The highest BCUT2D eigenvalue weighted by Gasteiger charge is 2.15. The van der Waals surface area contributed by atoms with Crippen molar-refractivity contribution in [3.63, 3.8) is 0 Å². The van der Waals surface area contributed by atoms with E-state index in [1.165, 1.54) is 11.8 Å². The smallest absolute Gasteiger partial charge is 0.196 e. The molecule has 0 saturated carbocycles. The molecule has 0 atom stereocenters. The van der Waals surface area contributed by atoms with Crippen LogP contribution in [0.2, 0.25) is 0 Å². The number of para-hydroxylation sites is 1. The highest BCUT2D eigenvalue weighted by atomic mass is 32.2. The maximum absolute atomic E-state index is 10.8. The molecule has 9 heteroatoms. The molecule has 3 rings (SSSR count). The van der Waals surface area contributed by atoms with Gasteiger partial charge in [0.1, 0.15) is 5.82 Å². The van der Waals surface area contributed by atoms with Gasteiger partial charge >= 0.3 is 0 Å². The van der Waals surface area contributed by atoms with E-state index in [4.69, 9.17) is 0 Å². The minimum atomic E-state index is -1.14. The molecular formula is C17H16N5O2S2-. The third kappa shape index (κ3) is 4.61. The van der Waals surface area contributed by atoms with Gasteiger partial charge in [0.25, 0.3) is 0 Å². The molecule has 3 aromatic rings. The number of carboxylic acids is 1. The number of nitrogens with zero attached hydrogens (tertiary/aromatic N) is 5. The second kappa shape index (κ2) is 8.33. The molecule has 2 heterocycles. The molecule has 0 amide bonds. The summed E-state index contributed by atoms with van der Waals surface area (Å²) in [5, 5.41) is 20.4. The number of benzene rings is 1. The van der Waals surface area contributed by atoms with Crippen LogP contribution in [0.5, 0.6) is 0 Å². The van der Waals surface area contributed by atoms with Crippen molar-refractivity contribution >= 4 is 29.5 Å². The van der Waals surface area contributed by atoms with Crippen molar-refractivity contribution in [3.05, 3.63) is 53.6 Å². The molecule has 0 saturated heterocycles. The second-order valence-electron chi connectivity index (χ2n) is 5.45. The quantitative estimate of drug-likeness (QED) is 0.448. The molecule has 134 valence electrons. The van der Waals surface area contributed by atoms with Crippen molar-refractivity contribution in [1.82, 2.24) is 24.7 Å². The van der Waals surface area contributed by atoms with Gasteiger partial charge in [0, 0.05) is 22.8 Å². The lowest BCUT2D eigenvalue weighted by Gasteiger charge is -2.10. The third-order valence-electron chi connectivity index (χ3n) is 3.33. The van der Waals surface area contributed by atoms with Crippen molar-refractivity contribution in [3.8, 4) is 5.69 Å². The topological polar surface area (TPSA) is 96.6 Å². The predicted molar refractivity (Wildman–Crippen MR) is 98.2 cm³/mol. The van der Waals surface area contributed by atoms with Crippen LogP contribution in [0.4, 0.5) is 0 Å². The summed E-state index contributed by atoms with van der Waals surface area (Å²) in [7, 11) is 0. The average Bonchev–Trinajstić information content (AvgIpc) is 3.01. The number of hydrogen-bond acceptors (Lipinski definition) is 8. The van der Waals surface area contributed by atoms with Crippen LogP contribution in [-0.2, 0) is 10.5 Å². The van der Waals surface area contributed by atoms with E-state index < -0.39 is 5.97 Å². The Bertz CT molecular complexity index is 895. The Labute approximate surface area is 159 Å². The molecule has 0 aliphatic heterocycles. The van der Waals surface area contributed by atoms with Crippen molar-refractivity contribution in [2.75, 3.05) is 5.75 Å². The van der Waals surface area contributed by atoms with E-state index in [-0.39, 0.29) is 5.75 Å². The van der Waals surface area contributed by atoms with Gasteiger partial charge in [0.05, 0.1) is 11.7 Å². The average molecular weight is 386 g/mol. The van der Waals surface area contributed by atoms with Crippen LogP contribution < -0.4 is 5.11 Å². The summed E-state index contributed by atoms with van der Waals surface area (Å²) in [5.74, 6) is -0.114. The van der Waals surface area contributed by atoms with Crippen LogP contribution >= 0.6 is 23.5 Å². The number of thioether (sulfide) groups is 2. The van der Waals surface area contributed by atoms with Crippen LogP contribution in [0.3, 0.4) is 0 Å². The first kappa shape index (κ1) is 18.4. The normalized spacial score (nSPS) is 10.8. The Hall–Kier alpha value is -2.39. The standard InChI is InChI=1S/C17H17N5O2S2/c1-11-8-12(2)19-16(18-11)25-9-14-20-21-17(26-10-15(23)24)22(14)13-6-4-3-5-7-13/h3-8H,9-10H2,1-2H3,(H,23,24)/p-1. The zero-order valence-corrected chi connectivity index (χ0v) is 15.9. The molecule has 0 radical (unpaired) electrons. The fourth-order valence-corrected chi connectivity index (χ4v) is 3.88. The number of aromatic nitrogens is 5. The van der Waals surface area contributed by atoms with E-state index in [0.717, 1.165) is 28.8 Å². The largest absolute Gasteiger partial charge is 0.549 e. The van der Waals surface area contributed by atoms with Crippen molar-refractivity contribution < 1.29 is 9.90 Å². The molecule has 0 spiro atoms. The number of hydrogen-bond donors (Lipinski definition) is 0. The first-order valence-corrected chi connectivity index (χ1v) is 9.77. The van der Waals surface area contributed by atoms with Gasteiger partial charge in [-0.25, -0.2) is 9.97 Å². The number of aliphatic carboxylic acids is 1. The maximum atomic E-state index is 10.8. The molecule has 0 fully saturated rings. The minimum Gasteiger partial charge on any atom is -0.549 e. The van der Waals surface area contributed by atoms with E-state index in [0.29, 0.717) is 21.9 Å². The van der Waals surface area contributed by atoms with Gasteiger partial charge in [-0.2, -0.15) is 0 Å². The first-order valence-electron chi connectivity index (χ1n) is 7.80. The van der Waals surface area contributed by atoms with Gasteiger partial charge in [-0.05, 0) is 32.0 Å². The molecule has 26 heavy (non-hydrogen) atoms. The fraction of sp³-hybridized carbons (Fsp3) is 0.235. The maximum Gasteiger partial charge on any atom is 0.196 e. The van der Waals surface area contributed by atoms with Crippen molar-refractivity contribution in [1.29, 1.82) is 0 Å². The van der Waals surface area contributed by atoms with Gasteiger partial charge < -0.3 is 9.90 Å². The number of carboxylic acid groups (broad SMARTS) is 1. The second-order valence-corrected chi connectivity index (χ2v) is 7.34. The van der Waals surface area contributed by atoms with Crippen molar-refractivity contribution in [2.24, 2.45) is 0 Å². The monoisotopic (exact) mass is 386 g/mol. The Morgan fingerprint density at radius 2 is 1.77 bits per heavy atom. The highest BCUT2D eigenvalue weighted by molar-refractivity contribution is 7.99. The van der Waals surface area contributed by atoms with Gasteiger partial charge in [-0.1, -0.05) is 41.7 Å². The van der Waals surface area contributed by atoms with Crippen molar-refractivity contribution in [2.45, 2.75) is 29.9 Å². The van der Waals surface area contributed by atoms with Crippen LogP contribution in [0.15, 0.2) is 46.7 Å². The van der Waals surface area contributed by atoms with Gasteiger partial charge in [0.2, 0.25) is 0 Å². The van der Waals surface area contributed by atoms with Gasteiger partial charge in [-0.3, -0.25) is 4.57 Å². The molecule has 0 N–H and O–H groups in total. The Morgan fingerprint density at radius 3 is 2.42 bits per heavy atom. The minimum absolute atomic E-state index is 0.182. The highest BCUT2D eigenvalue weighted by Crippen LogP contribution is 2.26. The summed E-state index contributed by atoms with van der Waals surface area (Å²) in [6.45, 7) is 3.86. The fourth-order valence-electron chi connectivity index (χ4n) is 2.33. The lowest BCUT2D eigenvalue weighted by atomic mass is 10.3. The van der Waals surface area contributed by atoms with E-state index in [1.54, 1.807) is 0 Å². The van der Waals surface area contributed by atoms with Gasteiger partial charge in [0.15, 0.2) is 10.3 Å². The molecule has 2 aromatic heterocycles. The molecule has 0 aliphatic rings. The zero-order chi connectivity index (χ0) is 18.5. The van der Waals surface area contributed by atoms with E-state index >= 15 is 0 Å². The van der Waals surface area contributed by atoms with E-state index in [1.807, 2.05) is 54.8 Å². The molecule has 0 aliphatic carbocycles. The summed E-state index contributed by atoms with van der Waals surface area (Å²) >= 11 is 2.55. The summed E-state index contributed by atoms with van der Waals surface area (Å²) in [6.07, 6.45) is 0. The summed E-state index contributed by atoms with van der Waals surface area (Å²) < 4.78 is 1.85. The molecule has 7 nitrogen and oxygen atoms in total. The van der Waals surface area contributed by atoms with E-state index in [9.17, 15) is 9.90 Å². The zero-order valence-electron chi connectivity index (χ0n) is 14.2. The Morgan fingerprint density at radius 1 is 1.08 bits per heavy atom. The third-order valence-corrected chi connectivity index (χ3v) is 5.07.